The zero-order valence-electron chi connectivity index (χ0n) is 12.5. The molecule has 5 nitrogen and oxygen atoms in total. The SMILES string of the molecule is Cc1cccc(C)c1OCc1nc(CCCN)cc(=O)[nH]1. The molecule has 0 radical (unpaired) electrons. The molecule has 1 heterocycles. The molecule has 0 spiro atoms. The van der Waals surface area contributed by atoms with Crippen molar-refractivity contribution < 1.29 is 4.74 Å². The Morgan fingerprint density at radius 2 is 2.00 bits per heavy atom. The number of rotatable bonds is 6. The molecule has 0 fully saturated rings. The number of hydrogen-bond donors (Lipinski definition) is 2. The second-order valence-corrected chi connectivity index (χ2v) is 5.09. The summed E-state index contributed by atoms with van der Waals surface area (Å²) < 4.78 is 5.81. The summed E-state index contributed by atoms with van der Waals surface area (Å²) in [6, 6.07) is 7.50. The van der Waals surface area contributed by atoms with E-state index in [2.05, 4.69) is 9.97 Å². The van der Waals surface area contributed by atoms with Crippen molar-refractivity contribution in [1.29, 1.82) is 0 Å². The van der Waals surface area contributed by atoms with Crippen molar-refractivity contribution in [3.8, 4) is 5.75 Å². The van der Waals surface area contributed by atoms with Crippen LogP contribution in [0, 0.1) is 13.8 Å². The lowest BCUT2D eigenvalue weighted by Gasteiger charge is -2.11. The largest absolute Gasteiger partial charge is 0.485 e. The summed E-state index contributed by atoms with van der Waals surface area (Å²) in [4.78, 5) is 18.8. The first kappa shape index (κ1) is 15.3. The van der Waals surface area contributed by atoms with Crippen molar-refractivity contribution in [2.75, 3.05) is 6.54 Å². The highest BCUT2D eigenvalue weighted by Crippen LogP contribution is 2.22. The van der Waals surface area contributed by atoms with E-state index < -0.39 is 0 Å². The number of nitrogens with two attached hydrogens (primary N) is 1. The lowest BCUT2D eigenvalue weighted by molar-refractivity contribution is 0.291. The molecule has 112 valence electrons. The number of aromatic nitrogens is 2. The number of benzene rings is 1. The second-order valence-electron chi connectivity index (χ2n) is 5.09. The summed E-state index contributed by atoms with van der Waals surface area (Å²) in [5, 5.41) is 0. The van der Waals surface area contributed by atoms with Gasteiger partial charge in [0.2, 0.25) is 0 Å². The van der Waals surface area contributed by atoms with Gasteiger partial charge in [-0.1, -0.05) is 18.2 Å². The molecule has 21 heavy (non-hydrogen) atoms. The van der Waals surface area contributed by atoms with E-state index in [1.54, 1.807) is 0 Å². The van der Waals surface area contributed by atoms with Gasteiger partial charge < -0.3 is 15.5 Å². The first-order valence-corrected chi connectivity index (χ1v) is 7.08. The third-order valence-corrected chi connectivity index (χ3v) is 3.24. The number of nitrogens with zero attached hydrogens (tertiary/aromatic N) is 1. The van der Waals surface area contributed by atoms with E-state index in [1.165, 1.54) is 6.07 Å². The smallest absolute Gasteiger partial charge is 0.251 e. The van der Waals surface area contributed by atoms with Gasteiger partial charge in [-0.25, -0.2) is 4.98 Å². The molecule has 0 aliphatic carbocycles. The Kier molecular flexibility index (Phi) is 5.11. The molecule has 2 aromatic rings. The maximum atomic E-state index is 11.6. The van der Waals surface area contributed by atoms with Gasteiger partial charge in [0.25, 0.3) is 5.56 Å². The van der Waals surface area contributed by atoms with E-state index in [1.807, 2.05) is 32.0 Å². The van der Waals surface area contributed by atoms with Gasteiger partial charge in [-0.15, -0.1) is 0 Å². The quantitative estimate of drug-likeness (QED) is 0.849. The molecule has 0 saturated heterocycles. The van der Waals surface area contributed by atoms with Crippen LogP contribution in [0.4, 0.5) is 0 Å². The number of nitrogens with one attached hydrogen (secondary N) is 1. The molecule has 3 N–H and O–H groups in total. The summed E-state index contributed by atoms with van der Waals surface area (Å²) in [7, 11) is 0. The predicted octanol–water partition coefficient (Wildman–Crippen LogP) is 1.86. The molecule has 0 amide bonds. The van der Waals surface area contributed by atoms with Crippen LogP contribution >= 0.6 is 0 Å². The molecule has 0 atom stereocenters. The highest BCUT2D eigenvalue weighted by Gasteiger charge is 2.06. The number of para-hydroxylation sites is 1. The van der Waals surface area contributed by atoms with Crippen LogP contribution in [-0.4, -0.2) is 16.5 Å². The van der Waals surface area contributed by atoms with Crippen LogP contribution in [0.5, 0.6) is 5.75 Å². The molecule has 5 heteroatoms. The monoisotopic (exact) mass is 287 g/mol. The van der Waals surface area contributed by atoms with Gasteiger partial charge >= 0.3 is 0 Å². The van der Waals surface area contributed by atoms with Crippen LogP contribution in [0.25, 0.3) is 0 Å². The highest BCUT2D eigenvalue weighted by molar-refractivity contribution is 5.39. The van der Waals surface area contributed by atoms with Gasteiger partial charge in [-0.2, -0.15) is 0 Å². The zero-order valence-corrected chi connectivity index (χ0v) is 12.5. The first-order valence-electron chi connectivity index (χ1n) is 7.08. The summed E-state index contributed by atoms with van der Waals surface area (Å²) in [6.07, 6.45) is 1.52. The molecule has 2 rings (SSSR count). The fourth-order valence-electron chi connectivity index (χ4n) is 2.21. The first-order chi connectivity index (χ1) is 10.1. The highest BCUT2D eigenvalue weighted by atomic mass is 16.5. The van der Waals surface area contributed by atoms with Crippen molar-refractivity contribution in [3.05, 3.63) is 57.3 Å². The summed E-state index contributed by atoms with van der Waals surface area (Å²) in [5.74, 6) is 1.38. The topological polar surface area (TPSA) is 81.0 Å². The normalized spacial score (nSPS) is 10.6. The Morgan fingerprint density at radius 3 is 2.67 bits per heavy atom. The lowest BCUT2D eigenvalue weighted by atomic mass is 10.1. The molecule has 0 aliphatic heterocycles. The number of aryl methyl sites for hydroxylation is 3. The maximum absolute atomic E-state index is 11.6. The molecule has 1 aromatic carbocycles. The average Bonchev–Trinajstić information content (AvgIpc) is 2.44. The van der Waals surface area contributed by atoms with E-state index in [0.29, 0.717) is 18.8 Å². The van der Waals surface area contributed by atoms with Gasteiger partial charge in [-0.05, 0) is 44.4 Å². The summed E-state index contributed by atoms with van der Waals surface area (Å²) >= 11 is 0. The maximum Gasteiger partial charge on any atom is 0.251 e. The average molecular weight is 287 g/mol. The molecular weight excluding hydrogens is 266 g/mol. The van der Waals surface area contributed by atoms with E-state index in [9.17, 15) is 4.79 Å². The fraction of sp³-hybridized carbons (Fsp3) is 0.375. The van der Waals surface area contributed by atoms with Crippen molar-refractivity contribution in [3.63, 3.8) is 0 Å². The lowest BCUT2D eigenvalue weighted by Crippen LogP contribution is -2.15. The van der Waals surface area contributed by atoms with Gasteiger partial charge in [-0.3, -0.25) is 4.79 Å². The van der Waals surface area contributed by atoms with Crippen LogP contribution in [0.1, 0.15) is 29.1 Å². The minimum absolute atomic E-state index is 0.155. The third-order valence-electron chi connectivity index (χ3n) is 3.24. The Balaban J connectivity index is 2.13. The van der Waals surface area contributed by atoms with E-state index in [4.69, 9.17) is 10.5 Å². The zero-order chi connectivity index (χ0) is 15.2. The second kappa shape index (κ2) is 7.04. The molecule has 0 unspecified atom stereocenters. The molecular formula is C16H21N3O2. The van der Waals surface area contributed by atoms with Gasteiger partial charge in [0.15, 0.2) is 0 Å². The van der Waals surface area contributed by atoms with Gasteiger partial charge in [0.05, 0.1) is 0 Å². The van der Waals surface area contributed by atoms with Crippen LogP contribution in [-0.2, 0) is 13.0 Å². The number of H-pyrrole nitrogens is 1. The number of aromatic amines is 1. The number of ether oxygens (including phenoxy) is 1. The van der Waals surface area contributed by atoms with Crippen molar-refractivity contribution in [1.82, 2.24) is 9.97 Å². The van der Waals surface area contributed by atoms with Crippen molar-refractivity contribution in [2.45, 2.75) is 33.3 Å². The Hall–Kier alpha value is -2.14. The Morgan fingerprint density at radius 1 is 1.29 bits per heavy atom. The van der Waals surface area contributed by atoms with Crippen LogP contribution in [0.2, 0.25) is 0 Å². The fourth-order valence-corrected chi connectivity index (χ4v) is 2.21. The molecule has 0 bridgehead atoms. The molecule has 0 aliphatic rings. The number of hydrogen-bond acceptors (Lipinski definition) is 4. The van der Waals surface area contributed by atoms with Crippen LogP contribution in [0.15, 0.2) is 29.1 Å². The van der Waals surface area contributed by atoms with Crippen molar-refractivity contribution in [2.24, 2.45) is 5.73 Å². The van der Waals surface area contributed by atoms with Gasteiger partial charge in [0, 0.05) is 11.8 Å². The standard InChI is InChI=1S/C16H21N3O2/c1-11-5-3-6-12(2)16(11)21-10-14-18-13(7-4-8-17)9-15(20)19-14/h3,5-6,9H,4,7-8,10,17H2,1-2H3,(H,18,19,20). The van der Waals surface area contributed by atoms with Crippen molar-refractivity contribution >= 4 is 0 Å². The van der Waals surface area contributed by atoms with E-state index >= 15 is 0 Å². The molecule has 0 saturated carbocycles. The molecule has 1 aromatic heterocycles. The minimum atomic E-state index is -0.155. The van der Waals surface area contributed by atoms with Crippen LogP contribution < -0.4 is 16.0 Å². The Labute approximate surface area is 124 Å². The van der Waals surface area contributed by atoms with Crippen LogP contribution in [0.3, 0.4) is 0 Å². The Bertz CT molecular complexity index is 645. The minimum Gasteiger partial charge on any atom is -0.485 e. The predicted molar refractivity (Wildman–Crippen MR) is 82.5 cm³/mol. The summed E-state index contributed by atoms with van der Waals surface area (Å²) in [6.45, 7) is 4.83. The van der Waals surface area contributed by atoms with Gasteiger partial charge in [0.1, 0.15) is 18.2 Å². The summed E-state index contributed by atoms with van der Waals surface area (Å²) in [5.41, 5.74) is 8.21. The third kappa shape index (κ3) is 4.16. The van der Waals surface area contributed by atoms with E-state index in [-0.39, 0.29) is 12.2 Å². The van der Waals surface area contributed by atoms with E-state index in [0.717, 1.165) is 29.0 Å².